The number of nitro groups is 1. The van der Waals surface area contributed by atoms with Crippen molar-refractivity contribution >= 4 is 28.8 Å². The van der Waals surface area contributed by atoms with E-state index in [1.54, 1.807) is 18.3 Å². The summed E-state index contributed by atoms with van der Waals surface area (Å²) in [4.78, 5) is 27.6. The van der Waals surface area contributed by atoms with Crippen LogP contribution in [0.2, 0.25) is 0 Å². The molecule has 1 fully saturated rings. The third-order valence-corrected chi connectivity index (χ3v) is 4.84. The van der Waals surface area contributed by atoms with Crippen molar-refractivity contribution in [1.82, 2.24) is 4.98 Å². The summed E-state index contributed by atoms with van der Waals surface area (Å²) in [5.41, 5.74) is 2.74. The van der Waals surface area contributed by atoms with E-state index in [1.807, 2.05) is 36.4 Å². The minimum absolute atomic E-state index is 0.0311. The molecule has 2 aromatic carbocycles. The first-order valence-corrected chi connectivity index (χ1v) is 9.55. The van der Waals surface area contributed by atoms with Gasteiger partial charge in [-0.1, -0.05) is 18.2 Å². The lowest BCUT2D eigenvalue weighted by molar-refractivity contribution is -0.384. The third-order valence-electron chi connectivity index (χ3n) is 4.84. The molecular weight excluding hydrogens is 384 g/mol. The summed E-state index contributed by atoms with van der Waals surface area (Å²) in [5, 5.41) is 17.4. The van der Waals surface area contributed by atoms with Gasteiger partial charge in [0.15, 0.2) is 0 Å². The molecule has 0 saturated carbocycles. The number of nitrogens with zero attached hydrogens (tertiary/aromatic N) is 2. The number of nitrogens with one attached hydrogen (secondary N) is 2. The number of amides is 1. The van der Waals surface area contributed by atoms with Gasteiger partial charge in [0, 0.05) is 36.3 Å². The zero-order chi connectivity index (χ0) is 20.9. The number of nitro benzene ring substituents is 1. The van der Waals surface area contributed by atoms with Gasteiger partial charge < -0.3 is 15.4 Å². The number of hydrogen-bond acceptors (Lipinski definition) is 6. The number of ether oxygens (including phenoxy) is 1. The van der Waals surface area contributed by atoms with Gasteiger partial charge in [-0.15, -0.1) is 0 Å². The Morgan fingerprint density at radius 3 is 2.63 bits per heavy atom. The molecule has 152 valence electrons. The number of anilines is 3. The number of para-hydroxylation sites is 1. The summed E-state index contributed by atoms with van der Waals surface area (Å²) in [6.45, 7) is 0.987. The van der Waals surface area contributed by atoms with Gasteiger partial charge >= 0.3 is 0 Å². The van der Waals surface area contributed by atoms with Gasteiger partial charge in [0.1, 0.15) is 5.82 Å². The molecule has 1 aromatic heterocycles. The largest absolute Gasteiger partial charge is 0.381 e. The quantitative estimate of drug-likeness (QED) is 0.467. The molecule has 1 saturated heterocycles. The monoisotopic (exact) mass is 404 g/mol. The van der Waals surface area contributed by atoms with Crippen LogP contribution in [0.15, 0.2) is 66.9 Å². The van der Waals surface area contributed by atoms with Crippen molar-refractivity contribution in [2.75, 3.05) is 23.8 Å². The van der Waals surface area contributed by atoms with Gasteiger partial charge in [-0.25, -0.2) is 4.98 Å². The maximum absolute atomic E-state index is 12.3. The molecule has 1 unspecified atom stereocenters. The van der Waals surface area contributed by atoms with Crippen molar-refractivity contribution in [3.63, 3.8) is 0 Å². The first kappa shape index (κ1) is 19.5. The molecule has 2 heterocycles. The molecule has 1 aliphatic heterocycles. The Morgan fingerprint density at radius 2 is 1.90 bits per heavy atom. The number of non-ortho nitro benzene ring substituents is 1. The topological polar surface area (TPSA) is 106 Å². The zero-order valence-electron chi connectivity index (χ0n) is 16.1. The van der Waals surface area contributed by atoms with Crippen molar-refractivity contribution in [2.24, 2.45) is 5.92 Å². The van der Waals surface area contributed by atoms with Gasteiger partial charge in [0.05, 0.1) is 17.4 Å². The Morgan fingerprint density at radius 1 is 1.07 bits per heavy atom. The van der Waals surface area contributed by atoms with E-state index in [1.165, 1.54) is 12.1 Å². The Kier molecular flexibility index (Phi) is 5.67. The molecule has 30 heavy (non-hydrogen) atoms. The Hall–Kier alpha value is -3.78. The molecule has 2 N–H and O–H groups in total. The summed E-state index contributed by atoms with van der Waals surface area (Å²) < 4.78 is 5.25. The molecule has 0 aliphatic carbocycles. The maximum atomic E-state index is 12.3. The van der Waals surface area contributed by atoms with Crippen LogP contribution in [-0.2, 0) is 9.53 Å². The Bertz CT molecular complexity index is 1070. The third kappa shape index (κ3) is 4.61. The molecule has 8 nitrogen and oxygen atoms in total. The highest BCUT2D eigenvalue weighted by atomic mass is 16.6. The molecule has 0 spiro atoms. The van der Waals surface area contributed by atoms with E-state index in [2.05, 4.69) is 15.6 Å². The van der Waals surface area contributed by atoms with Gasteiger partial charge in [0.25, 0.3) is 5.69 Å². The van der Waals surface area contributed by atoms with E-state index in [9.17, 15) is 14.9 Å². The number of carbonyl (C=O) groups is 1. The van der Waals surface area contributed by atoms with Crippen molar-refractivity contribution in [1.29, 1.82) is 0 Å². The van der Waals surface area contributed by atoms with Gasteiger partial charge in [-0.2, -0.15) is 0 Å². The fourth-order valence-electron chi connectivity index (χ4n) is 3.29. The first-order chi connectivity index (χ1) is 14.6. The number of carbonyl (C=O) groups excluding carboxylic acids is 1. The Balaban J connectivity index is 1.62. The van der Waals surface area contributed by atoms with Crippen molar-refractivity contribution in [2.45, 2.75) is 6.42 Å². The zero-order valence-corrected chi connectivity index (χ0v) is 16.1. The summed E-state index contributed by atoms with van der Waals surface area (Å²) in [5.74, 6) is 0.0750. The second-order valence-corrected chi connectivity index (χ2v) is 7.00. The average molecular weight is 404 g/mol. The second kappa shape index (κ2) is 8.71. The summed E-state index contributed by atoms with van der Waals surface area (Å²) in [6.07, 6.45) is 2.25. The SMILES string of the molecule is O=C(Nc1cc(-c2cc(Nc3ccccc3)cc([N+](=O)[O-])c2)ccn1)C1CCOC1. The minimum Gasteiger partial charge on any atom is -0.381 e. The second-order valence-electron chi connectivity index (χ2n) is 7.00. The van der Waals surface area contributed by atoms with Crippen LogP contribution in [0.5, 0.6) is 0 Å². The summed E-state index contributed by atoms with van der Waals surface area (Å²) >= 11 is 0. The average Bonchev–Trinajstić information content (AvgIpc) is 3.30. The van der Waals surface area contributed by atoms with Crippen LogP contribution in [0.1, 0.15) is 6.42 Å². The highest BCUT2D eigenvalue weighted by molar-refractivity contribution is 5.92. The van der Waals surface area contributed by atoms with Gasteiger partial charge in [-0.05, 0) is 47.9 Å². The molecule has 4 rings (SSSR count). The summed E-state index contributed by atoms with van der Waals surface area (Å²) in [6, 6.07) is 17.7. The van der Waals surface area contributed by atoms with Crippen LogP contribution >= 0.6 is 0 Å². The molecule has 8 heteroatoms. The number of pyridine rings is 1. The highest BCUT2D eigenvalue weighted by Gasteiger charge is 2.23. The minimum atomic E-state index is -0.427. The number of hydrogen-bond donors (Lipinski definition) is 2. The van der Waals surface area contributed by atoms with E-state index in [-0.39, 0.29) is 17.5 Å². The predicted molar refractivity (Wildman–Crippen MR) is 114 cm³/mol. The standard InChI is InChI=1S/C22H20N4O4/c27-22(16-7-9-30-14-16)25-21-12-15(6-8-23-21)17-10-19(13-20(11-17)26(28)29)24-18-4-2-1-3-5-18/h1-6,8,10-13,16,24H,7,9,14H2,(H,23,25,27). The fourth-order valence-corrected chi connectivity index (χ4v) is 3.29. The van der Waals surface area contributed by atoms with E-state index < -0.39 is 4.92 Å². The lowest BCUT2D eigenvalue weighted by atomic mass is 10.0. The number of aromatic nitrogens is 1. The molecule has 0 bridgehead atoms. The molecule has 1 amide bonds. The van der Waals surface area contributed by atoms with Crippen molar-refractivity contribution in [3.05, 3.63) is 77.0 Å². The van der Waals surface area contributed by atoms with Crippen LogP contribution in [0, 0.1) is 16.0 Å². The highest BCUT2D eigenvalue weighted by Crippen LogP contribution is 2.31. The maximum Gasteiger partial charge on any atom is 0.272 e. The van der Waals surface area contributed by atoms with E-state index >= 15 is 0 Å². The molecular formula is C22H20N4O4. The van der Waals surface area contributed by atoms with Crippen LogP contribution in [-0.4, -0.2) is 29.0 Å². The van der Waals surface area contributed by atoms with Crippen LogP contribution in [0.4, 0.5) is 22.9 Å². The van der Waals surface area contributed by atoms with Crippen LogP contribution < -0.4 is 10.6 Å². The Labute approximate surface area is 173 Å². The van der Waals surface area contributed by atoms with Gasteiger partial charge in [0.2, 0.25) is 5.91 Å². The van der Waals surface area contributed by atoms with Crippen molar-refractivity contribution in [3.8, 4) is 11.1 Å². The molecule has 0 radical (unpaired) electrons. The molecule has 1 aliphatic rings. The normalized spacial score (nSPS) is 15.5. The van der Waals surface area contributed by atoms with Crippen LogP contribution in [0.3, 0.4) is 0 Å². The first-order valence-electron chi connectivity index (χ1n) is 9.55. The van der Waals surface area contributed by atoms with Crippen LogP contribution in [0.25, 0.3) is 11.1 Å². The van der Waals surface area contributed by atoms with E-state index in [4.69, 9.17) is 4.74 Å². The lowest BCUT2D eigenvalue weighted by Crippen LogP contribution is -2.23. The summed E-state index contributed by atoms with van der Waals surface area (Å²) in [7, 11) is 0. The van der Waals surface area contributed by atoms with Crippen molar-refractivity contribution < 1.29 is 14.5 Å². The molecule has 1 atom stereocenters. The van der Waals surface area contributed by atoms with E-state index in [0.29, 0.717) is 42.3 Å². The van der Waals surface area contributed by atoms with Gasteiger partial charge in [-0.3, -0.25) is 14.9 Å². The lowest BCUT2D eigenvalue weighted by Gasteiger charge is -2.11. The number of benzene rings is 2. The van der Waals surface area contributed by atoms with E-state index in [0.717, 1.165) is 5.69 Å². The fraction of sp³-hybridized carbons (Fsp3) is 0.182. The predicted octanol–water partition coefficient (Wildman–Crippen LogP) is 4.38. The number of rotatable bonds is 6. The molecule has 3 aromatic rings. The smallest absolute Gasteiger partial charge is 0.272 e.